The van der Waals surface area contributed by atoms with E-state index in [0.717, 1.165) is 10.9 Å². The molecule has 1 aliphatic rings. The summed E-state index contributed by atoms with van der Waals surface area (Å²) in [4.78, 5) is 32.6. The molecule has 1 aromatic carbocycles. The summed E-state index contributed by atoms with van der Waals surface area (Å²) in [5.74, 6) is 0.179. The van der Waals surface area contributed by atoms with E-state index in [1.165, 1.54) is 6.26 Å². The number of hydrogen-bond donors (Lipinski definition) is 1. The van der Waals surface area contributed by atoms with Crippen molar-refractivity contribution in [1.29, 1.82) is 0 Å². The molecule has 1 saturated heterocycles. The van der Waals surface area contributed by atoms with Gasteiger partial charge in [-0.2, -0.15) is 0 Å². The summed E-state index contributed by atoms with van der Waals surface area (Å²) >= 11 is 0. The number of furan rings is 1. The first-order valence-electron chi connectivity index (χ1n) is 8.45. The molecule has 0 aliphatic carbocycles. The van der Waals surface area contributed by atoms with Crippen molar-refractivity contribution in [3.63, 3.8) is 0 Å². The number of nitrogens with zero attached hydrogens (tertiary/aromatic N) is 3. The number of carbonyl (C=O) groups is 2. The molecule has 4 rings (SSSR count). The molecule has 0 saturated carbocycles. The van der Waals surface area contributed by atoms with E-state index in [2.05, 4.69) is 10.3 Å². The van der Waals surface area contributed by atoms with Crippen molar-refractivity contribution in [3.05, 3.63) is 60.7 Å². The molecule has 7 nitrogen and oxygen atoms in total. The molecule has 26 heavy (non-hydrogen) atoms. The first kappa shape index (κ1) is 16.1. The fourth-order valence-electron chi connectivity index (χ4n) is 3.07. The van der Waals surface area contributed by atoms with Crippen molar-refractivity contribution >= 4 is 28.5 Å². The zero-order valence-corrected chi connectivity index (χ0v) is 14.1. The smallest absolute Gasteiger partial charge is 0.322 e. The van der Waals surface area contributed by atoms with E-state index in [9.17, 15) is 9.59 Å². The molecule has 0 spiro atoms. The molecule has 1 fully saturated rings. The van der Waals surface area contributed by atoms with Crippen LogP contribution < -0.4 is 5.32 Å². The Balaban J connectivity index is 1.40. The second-order valence-corrected chi connectivity index (χ2v) is 6.07. The highest BCUT2D eigenvalue weighted by atomic mass is 16.3. The standard InChI is InChI=1S/C19H18N4O3/c24-18(16-7-3-13-26-16)22-9-11-23(12-10-22)19(25)21-15-6-1-4-14-5-2-8-20-17(14)15/h1-8,13H,9-12H2,(H,21,25). The zero-order valence-electron chi connectivity index (χ0n) is 14.1. The van der Waals surface area contributed by atoms with Gasteiger partial charge in [0.15, 0.2) is 5.76 Å². The summed E-state index contributed by atoms with van der Waals surface area (Å²) in [6, 6.07) is 12.7. The molecule has 3 aromatic rings. The van der Waals surface area contributed by atoms with Crippen LogP contribution in [0.5, 0.6) is 0 Å². The Bertz CT molecular complexity index is 926. The summed E-state index contributed by atoms with van der Waals surface area (Å²) in [6.07, 6.45) is 3.19. The highest BCUT2D eigenvalue weighted by Gasteiger charge is 2.26. The van der Waals surface area contributed by atoms with Crippen LogP contribution in [0.1, 0.15) is 10.6 Å². The second-order valence-electron chi connectivity index (χ2n) is 6.07. The number of aromatic nitrogens is 1. The van der Waals surface area contributed by atoms with Gasteiger partial charge >= 0.3 is 6.03 Å². The first-order valence-corrected chi connectivity index (χ1v) is 8.45. The molecule has 3 heterocycles. The van der Waals surface area contributed by atoms with E-state index in [1.54, 1.807) is 28.1 Å². The lowest BCUT2D eigenvalue weighted by Gasteiger charge is -2.34. The van der Waals surface area contributed by atoms with Crippen LogP contribution in [0.25, 0.3) is 10.9 Å². The van der Waals surface area contributed by atoms with Crippen LogP contribution in [0.3, 0.4) is 0 Å². The number of pyridine rings is 1. The number of fused-ring (bicyclic) bond motifs is 1. The van der Waals surface area contributed by atoms with E-state index in [-0.39, 0.29) is 11.9 Å². The zero-order chi connectivity index (χ0) is 17.9. The maximum Gasteiger partial charge on any atom is 0.322 e. The first-order chi connectivity index (χ1) is 12.7. The number of piperazine rings is 1. The average molecular weight is 350 g/mol. The molecule has 1 N–H and O–H groups in total. The largest absolute Gasteiger partial charge is 0.459 e. The van der Waals surface area contributed by atoms with Gasteiger partial charge < -0.3 is 19.5 Å². The maximum absolute atomic E-state index is 12.6. The lowest BCUT2D eigenvalue weighted by atomic mass is 10.2. The molecule has 3 amide bonds. The Labute approximate surface area is 150 Å². The summed E-state index contributed by atoms with van der Waals surface area (Å²) in [7, 11) is 0. The number of anilines is 1. The highest BCUT2D eigenvalue weighted by Crippen LogP contribution is 2.21. The topological polar surface area (TPSA) is 78.7 Å². The van der Waals surface area contributed by atoms with Crippen molar-refractivity contribution < 1.29 is 14.0 Å². The van der Waals surface area contributed by atoms with Crippen LogP contribution in [0, 0.1) is 0 Å². The Morgan fingerprint density at radius 2 is 1.73 bits per heavy atom. The molecule has 0 bridgehead atoms. The molecule has 0 unspecified atom stereocenters. The molecular formula is C19H18N4O3. The van der Waals surface area contributed by atoms with E-state index in [1.807, 2.05) is 30.3 Å². The maximum atomic E-state index is 12.6. The summed E-state index contributed by atoms with van der Waals surface area (Å²) < 4.78 is 5.15. The summed E-state index contributed by atoms with van der Waals surface area (Å²) in [6.45, 7) is 1.88. The summed E-state index contributed by atoms with van der Waals surface area (Å²) in [5, 5.41) is 3.90. The van der Waals surface area contributed by atoms with Crippen LogP contribution in [0.4, 0.5) is 10.5 Å². The third-order valence-corrected chi connectivity index (χ3v) is 4.46. The van der Waals surface area contributed by atoms with Gasteiger partial charge in [-0.15, -0.1) is 0 Å². The Hall–Kier alpha value is -3.35. The summed E-state index contributed by atoms with van der Waals surface area (Å²) in [5.41, 5.74) is 1.44. The van der Waals surface area contributed by atoms with Gasteiger partial charge in [0.1, 0.15) is 0 Å². The predicted octanol–water partition coefficient (Wildman–Crippen LogP) is 2.82. The lowest BCUT2D eigenvalue weighted by Crippen LogP contribution is -2.51. The van der Waals surface area contributed by atoms with Gasteiger partial charge in [0, 0.05) is 37.8 Å². The number of amides is 3. The monoisotopic (exact) mass is 350 g/mol. The molecule has 132 valence electrons. The van der Waals surface area contributed by atoms with Crippen LogP contribution in [-0.4, -0.2) is 52.9 Å². The molecule has 7 heteroatoms. The van der Waals surface area contributed by atoms with Crippen molar-refractivity contribution in [2.24, 2.45) is 0 Å². The van der Waals surface area contributed by atoms with Gasteiger partial charge in [0.05, 0.1) is 17.5 Å². The molecule has 2 aromatic heterocycles. The van der Waals surface area contributed by atoms with Crippen molar-refractivity contribution in [3.8, 4) is 0 Å². The highest BCUT2D eigenvalue weighted by molar-refractivity contribution is 5.99. The molecule has 0 radical (unpaired) electrons. The third-order valence-electron chi connectivity index (χ3n) is 4.46. The van der Waals surface area contributed by atoms with Crippen molar-refractivity contribution in [1.82, 2.24) is 14.8 Å². The van der Waals surface area contributed by atoms with Crippen molar-refractivity contribution in [2.75, 3.05) is 31.5 Å². The van der Waals surface area contributed by atoms with Gasteiger partial charge in [-0.1, -0.05) is 18.2 Å². The number of urea groups is 1. The second kappa shape index (κ2) is 6.87. The number of benzene rings is 1. The van der Waals surface area contributed by atoms with E-state index >= 15 is 0 Å². The van der Waals surface area contributed by atoms with Crippen LogP contribution in [0.15, 0.2) is 59.3 Å². The normalized spacial score (nSPS) is 14.5. The Morgan fingerprint density at radius 3 is 2.50 bits per heavy atom. The van der Waals surface area contributed by atoms with Gasteiger partial charge in [0.2, 0.25) is 0 Å². The van der Waals surface area contributed by atoms with E-state index in [4.69, 9.17) is 4.42 Å². The molecule has 0 atom stereocenters. The van der Waals surface area contributed by atoms with E-state index in [0.29, 0.717) is 37.6 Å². The Kier molecular flexibility index (Phi) is 4.27. The van der Waals surface area contributed by atoms with E-state index < -0.39 is 0 Å². The van der Waals surface area contributed by atoms with Crippen LogP contribution in [0.2, 0.25) is 0 Å². The minimum atomic E-state index is -0.187. The number of para-hydroxylation sites is 1. The minimum absolute atomic E-state index is 0.145. The number of hydrogen-bond acceptors (Lipinski definition) is 4. The number of rotatable bonds is 2. The van der Waals surface area contributed by atoms with Gasteiger partial charge in [0.25, 0.3) is 5.91 Å². The minimum Gasteiger partial charge on any atom is -0.459 e. The van der Waals surface area contributed by atoms with Gasteiger partial charge in [-0.05, 0) is 24.3 Å². The van der Waals surface area contributed by atoms with Gasteiger partial charge in [-0.3, -0.25) is 9.78 Å². The van der Waals surface area contributed by atoms with Crippen LogP contribution >= 0.6 is 0 Å². The Morgan fingerprint density at radius 1 is 0.962 bits per heavy atom. The number of nitrogens with one attached hydrogen (secondary N) is 1. The fourth-order valence-corrected chi connectivity index (χ4v) is 3.07. The van der Waals surface area contributed by atoms with Crippen molar-refractivity contribution in [2.45, 2.75) is 0 Å². The van der Waals surface area contributed by atoms with Crippen LogP contribution in [-0.2, 0) is 0 Å². The fraction of sp³-hybridized carbons (Fsp3) is 0.211. The predicted molar refractivity (Wildman–Crippen MR) is 96.9 cm³/mol. The number of carbonyl (C=O) groups excluding carboxylic acids is 2. The quantitative estimate of drug-likeness (QED) is 0.771. The SMILES string of the molecule is O=C(Nc1cccc2cccnc12)N1CCN(C(=O)c2ccco2)CC1. The third kappa shape index (κ3) is 3.11. The van der Waals surface area contributed by atoms with Gasteiger partial charge in [-0.25, -0.2) is 4.79 Å². The molecule has 1 aliphatic heterocycles. The lowest BCUT2D eigenvalue weighted by molar-refractivity contribution is 0.0640. The average Bonchev–Trinajstić information content (AvgIpc) is 3.23. The molecular weight excluding hydrogens is 332 g/mol.